The Morgan fingerprint density at radius 1 is 1.06 bits per heavy atom. The fourth-order valence-corrected chi connectivity index (χ4v) is 4.31. The van der Waals surface area contributed by atoms with Gasteiger partial charge in [0.2, 0.25) is 11.8 Å². The molecule has 0 spiro atoms. The second-order valence-corrected chi connectivity index (χ2v) is 9.11. The molecule has 5 heterocycles. The summed E-state index contributed by atoms with van der Waals surface area (Å²) in [5.74, 6) is 2.52. The smallest absolute Gasteiger partial charge is 0.228 e. The molecule has 5 rings (SSSR count). The molecule has 1 fully saturated rings. The molecule has 0 amide bonds. The van der Waals surface area contributed by atoms with Gasteiger partial charge in [-0.1, -0.05) is 0 Å². The highest BCUT2D eigenvalue weighted by Gasteiger charge is 2.26. The van der Waals surface area contributed by atoms with E-state index in [9.17, 15) is 0 Å². The first-order valence-electron chi connectivity index (χ1n) is 11.8. The van der Waals surface area contributed by atoms with E-state index >= 15 is 0 Å². The van der Waals surface area contributed by atoms with Crippen LogP contribution in [0, 0.1) is 6.92 Å². The molecule has 0 saturated carbocycles. The number of pyridine rings is 2. The molecular weight excluding hydrogens is 456 g/mol. The lowest BCUT2D eigenvalue weighted by Crippen LogP contribution is -2.32. The number of methoxy groups -OCH3 is 1. The van der Waals surface area contributed by atoms with E-state index in [1.165, 1.54) is 0 Å². The van der Waals surface area contributed by atoms with Crippen LogP contribution in [0.3, 0.4) is 0 Å². The van der Waals surface area contributed by atoms with E-state index in [-0.39, 0.29) is 0 Å². The summed E-state index contributed by atoms with van der Waals surface area (Å²) < 4.78 is 13.5. The van der Waals surface area contributed by atoms with E-state index in [4.69, 9.17) is 19.4 Å². The molecule has 1 aliphatic rings. The van der Waals surface area contributed by atoms with Crippen LogP contribution in [0.25, 0.3) is 22.5 Å². The Kier molecular flexibility index (Phi) is 6.51. The zero-order chi connectivity index (χ0) is 25.2. The maximum atomic E-state index is 6.14. The van der Waals surface area contributed by atoms with E-state index in [2.05, 4.69) is 39.0 Å². The van der Waals surface area contributed by atoms with E-state index in [0.29, 0.717) is 29.4 Å². The van der Waals surface area contributed by atoms with Crippen LogP contribution in [-0.2, 0) is 7.05 Å². The Bertz CT molecular complexity index is 1370. The number of anilines is 1. The number of nitrogens with zero attached hydrogens (tertiary/aromatic N) is 8. The Morgan fingerprint density at radius 2 is 1.92 bits per heavy atom. The Hall–Kier alpha value is -4.05. The van der Waals surface area contributed by atoms with Gasteiger partial charge in [-0.3, -0.25) is 9.67 Å². The van der Waals surface area contributed by atoms with Crippen LogP contribution < -0.4 is 14.4 Å². The lowest BCUT2D eigenvalue weighted by atomic mass is 10.2. The monoisotopic (exact) mass is 486 g/mol. The van der Waals surface area contributed by atoms with Crippen molar-refractivity contribution in [2.75, 3.05) is 39.2 Å². The van der Waals surface area contributed by atoms with Crippen molar-refractivity contribution in [1.29, 1.82) is 0 Å². The minimum atomic E-state index is 0.497. The number of aryl methyl sites for hydroxylation is 2. The number of likely N-dealkylation sites (N-methyl/N-ethyl adjacent to an activating group) is 1. The van der Waals surface area contributed by atoms with Crippen molar-refractivity contribution in [2.45, 2.75) is 19.4 Å². The van der Waals surface area contributed by atoms with Gasteiger partial charge < -0.3 is 19.3 Å². The van der Waals surface area contributed by atoms with Gasteiger partial charge >= 0.3 is 0 Å². The summed E-state index contributed by atoms with van der Waals surface area (Å²) in [5.41, 5.74) is 3.92. The van der Waals surface area contributed by atoms with Crippen LogP contribution in [0.1, 0.15) is 12.1 Å². The van der Waals surface area contributed by atoms with E-state index in [1.807, 2.05) is 44.4 Å². The summed E-state index contributed by atoms with van der Waals surface area (Å²) in [7, 11) is 7.71. The van der Waals surface area contributed by atoms with Gasteiger partial charge in [-0.05, 0) is 45.6 Å². The minimum absolute atomic E-state index is 0.497. The molecule has 0 N–H and O–H groups in total. The van der Waals surface area contributed by atoms with E-state index < -0.39 is 0 Å². The molecule has 0 unspecified atom stereocenters. The van der Waals surface area contributed by atoms with Crippen molar-refractivity contribution in [1.82, 2.24) is 34.6 Å². The molecule has 10 nitrogen and oxygen atoms in total. The Balaban J connectivity index is 1.36. The predicted molar refractivity (Wildman–Crippen MR) is 137 cm³/mol. The van der Waals surface area contributed by atoms with E-state index in [0.717, 1.165) is 47.7 Å². The van der Waals surface area contributed by atoms with Crippen molar-refractivity contribution < 1.29 is 9.47 Å². The van der Waals surface area contributed by atoms with Crippen LogP contribution >= 0.6 is 0 Å². The number of ether oxygens (including phenoxy) is 2. The number of rotatable bonds is 7. The summed E-state index contributed by atoms with van der Waals surface area (Å²) in [5, 5.41) is 4.21. The van der Waals surface area contributed by atoms with Gasteiger partial charge in [-0.2, -0.15) is 10.1 Å². The maximum Gasteiger partial charge on any atom is 0.228 e. The summed E-state index contributed by atoms with van der Waals surface area (Å²) in [4.78, 5) is 22.9. The molecule has 0 aromatic carbocycles. The average Bonchev–Trinajstić information content (AvgIpc) is 3.55. The molecule has 36 heavy (non-hydrogen) atoms. The first-order chi connectivity index (χ1) is 17.4. The molecular formula is C26H30N8O2. The summed E-state index contributed by atoms with van der Waals surface area (Å²) >= 11 is 0. The van der Waals surface area contributed by atoms with Gasteiger partial charge in [0.1, 0.15) is 11.5 Å². The topological polar surface area (TPSA) is 94.3 Å². The van der Waals surface area contributed by atoms with E-state index in [1.54, 1.807) is 30.4 Å². The second-order valence-electron chi connectivity index (χ2n) is 9.11. The number of hydrogen-bond acceptors (Lipinski definition) is 9. The summed E-state index contributed by atoms with van der Waals surface area (Å²) in [6.07, 6.45) is 8.29. The normalized spacial score (nSPS) is 15.5. The van der Waals surface area contributed by atoms with Gasteiger partial charge in [0.15, 0.2) is 0 Å². The quantitative estimate of drug-likeness (QED) is 0.388. The van der Waals surface area contributed by atoms with Crippen LogP contribution in [0.2, 0.25) is 0 Å². The lowest BCUT2D eigenvalue weighted by molar-refractivity contribution is 0.315. The third-order valence-corrected chi connectivity index (χ3v) is 6.38. The van der Waals surface area contributed by atoms with Crippen LogP contribution in [0.15, 0.2) is 49.1 Å². The fourth-order valence-electron chi connectivity index (χ4n) is 4.31. The highest BCUT2D eigenvalue weighted by Crippen LogP contribution is 2.33. The van der Waals surface area contributed by atoms with Crippen molar-refractivity contribution in [3.05, 3.63) is 54.7 Å². The molecule has 1 aliphatic heterocycles. The largest absolute Gasteiger partial charge is 0.480 e. The number of aromatic nitrogens is 6. The Morgan fingerprint density at radius 3 is 2.61 bits per heavy atom. The highest BCUT2D eigenvalue weighted by molar-refractivity contribution is 5.66. The SMILES string of the molecule is COc1nc(N2CC[C@H](N(C)C)C2)ncc1-c1ccc(Oc2ccnc(-c3cnn(C)c3)c2)c(C)n1. The van der Waals surface area contributed by atoms with Crippen molar-refractivity contribution >= 4 is 5.95 Å². The molecule has 0 aliphatic carbocycles. The molecule has 4 aromatic rings. The van der Waals surface area contributed by atoms with Crippen LogP contribution in [0.5, 0.6) is 17.4 Å². The summed E-state index contributed by atoms with van der Waals surface area (Å²) in [6.45, 7) is 3.73. The fraction of sp³-hybridized carbons (Fsp3) is 0.346. The Labute approximate surface area is 210 Å². The maximum absolute atomic E-state index is 6.14. The van der Waals surface area contributed by atoms with Crippen molar-refractivity contribution in [3.63, 3.8) is 0 Å². The van der Waals surface area contributed by atoms with Gasteiger partial charge in [0, 0.05) is 56.4 Å². The predicted octanol–water partition coefficient (Wildman–Crippen LogP) is 3.58. The van der Waals surface area contributed by atoms with Crippen LogP contribution in [-0.4, -0.2) is 75.0 Å². The highest BCUT2D eigenvalue weighted by atomic mass is 16.5. The standard InChI is InChI=1S/C26H30N8O2/c1-17-24(36-20-8-10-27-23(12-20)18-13-29-33(4)15-18)7-6-22(30-17)21-14-28-26(31-25(21)35-5)34-11-9-19(16-34)32(2)3/h6-8,10,12-15,19H,9,11,16H2,1-5H3/t19-/m0/s1. The molecule has 186 valence electrons. The van der Waals surface area contributed by atoms with Gasteiger partial charge in [0.25, 0.3) is 0 Å². The molecule has 10 heteroatoms. The lowest BCUT2D eigenvalue weighted by Gasteiger charge is -2.21. The number of hydrogen-bond donors (Lipinski definition) is 0. The average molecular weight is 487 g/mol. The summed E-state index contributed by atoms with van der Waals surface area (Å²) in [6, 6.07) is 8.00. The zero-order valence-electron chi connectivity index (χ0n) is 21.2. The van der Waals surface area contributed by atoms with Gasteiger partial charge in [-0.25, -0.2) is 9.97 Å². The molecule has 0 radical (unpaired) electrons. The molecule has 0 bridgehead atoms. The molecule has 4 aromatic heterocycles. The second kappa shape index (κ2) is 9.90. The minimum Gasteiger partial charge on any atom is -0.480 e. The first-order valence-corrected chi connectivity index (χ1v) is 11.8. The van der Waals surface area contributed by atoms with Gasteiger partial charge in [0.05, 0.1) is 36.0 Å². The van der Waals surface area contributed by atoms with Crippen LogP contribution in [0.4, 0.5) is 5.95 Å². The van der Waals surface area contributed by atoms with Crippen molar-refractivity contribution in [3.8, 4) is 39.9 Å². The third kappa shape index (κ3) is 4.85. The third-order valence-electron chi connectivity index (χ3n) is 6.38. The first kappa shape index (κ1) is 23.7. The molecule has 1 saturated heterocycles. The van der Waals surface area contributed by atoms with Crippen molar-refractivity contribution in [2.24, 2.45) is 7.05 Å². The molecule has 1 atom stereocenters. The van der Waals surface area contributed by atoms with Gasteiger partial charge in [-0.15, -0.1) is 0 Å². The zero-order valence-corrected chi connectivity index (χ0v) is 21.2.